The highest BCUT2D eigenvalue weighted by Crippen LogP contribution is 2.28. The van der Waals surface area contributed by atoms with Crippen LogP contribution in [0.5, 0.6) is 5.75 Å². The third kappa shape index (κ3) is 5.46. The molecule has 0 aliphatic carbocycles. The van der Waals surface area contributed by atoms with E-state index in [4.69, 9.17) is 4.74 Å². The van der Waals surface area contributed by atoms with Gasteiger partial charge in [-0.05, 0) is 37.6 Å². The Hall–Kier alpha value is -2.55. The van der Waals surface area contributed by atoms with Crippen LogP contribution in [0.4, 0.5) is 4.79 Å². The predicted octanol–water partition coefficient (Wildman–Crippen LogP) is 2.69. The standard InChI is InChI=1S/C18H25N5O3S/c1-5-6-11-23-15(13-7-9-14(26-4)10-8-13)21-22-18(23)27-12(2)16(24)20-17(25)19-3/h7-10,12H,5-6,11H2,1-4H3,(H2,19,20,24,25)/t12-/m1/s1. The molecule has 8 nitrogen and oxygen atoms in total. The van der Waals surface area contributed by atoms with Crippen LogP contribution in [0.2, 0.25) is 0 Å². The van der Waals surface area contributed by atoms with Crippen molar-refractivity contribution >= 4 is 23.7 Å². The normalized spacial score (nSPS) is 11.7. The summed E-state index contributed by atoms with van der Waals surface area (Å²) in [6, 6.07) is 7.09. The van der Waals surface area contributed by atoms with E-state index in [0.717, 1.165) is 36.5 Å². The minimum absolute atomic E-state index is 0.379. The zero-order chi connectivity index (χ0) is 19.8. The molecule has 0 aliphatic rings. The highest BCUT2D eigenvalue weighted by molar-refractivity contribution is 8.00. The van der Waals surface area contributed by atoms with Crippen LogP contribution in [0.3, 0.4) is 0 Å². The Kier molecular flexibility index (Phi) is 7.66. The van der Waals surface area contributed by atoms with Gasteiger partial charge in [-0.2, -0.15) is 0 Å². The molecule has 0 saturated carbocycles. The number of carbonyl (C=O) groups excluding carboxylic acids is 2. The molecule has 1 aromatic heterocycles. The quantitative estimate of drug-likeness (QED) is 0.672. The minimum atomic E-state index is -0.529. The third-order valence-electron chi connectivity index (χ3n) is 3.92. The zero-order valence-corrected chi connectivity index (χ0v) is 16.8. The summed E-state index contributed by atoms with van der Waals surface area (Å²) in [6.45, 7) is 4.59. The number of imide groups is 1. The number of hydrogen-bond donors (Lipinski definition) is 2. The molecule has 2 N–H and O–H groups in total. The average Bonchev–Trinajstić information content (AvgIpc) is 3.08. The molecule has 27 heavy (non-hydrogen) atoms. The maximum atomic E-state index is 12.1. The van der Waals surface area contributed by atoms with E-state index in [1.54, 1.807) is 14.0 Å². The van der Waals surface area contributed by atoms with Gasteiger partial charge in [-0.3, -0.25) is 10.1 Å². The van der Waals surface area contributed by atoms with Crippen LogP contribution >= 0.6 is 11.8 Å². The Morgan fingerprint density at radius 2 is 1.96 bits per heavy atom. The number of aromatic nitrogens is 3. The first kappa shape index (κ1) is 20.8. The number of rotatable bonds is 8. The first-order valence-corrected chi connectivity index (χ1v) is 9.65. The van der Waals surface area contributed by atoms with E-state index in [1.807, 2.05) is 28.8 Å². The monoisotopic (exact) mass is 391 g/mol. The van der Waals surface area contributed by atoms with Crippen LogP contribution in [0, 0.1) is 0 Å². The fraction of sp³-hybridized carbons (Fsp3) is 0.444. The second-order valence-electron chi connectivity index (χ2n) is 5.87. The fourth-order valence-corrected chi connectivity index (χ4v) is 3.21. The number of benzene rings is 1. The average molecular weight is 391 g/mol. The summed E-state index contributed by atoms with van der Waals surface area (Å²) in [5.74, 6) is 1.13. The van der Waals surface area contributed by atoms with E-state index in [0.29, 0.717) is 5.16 Å². The van der Waals surface area contributed by atoms with Crippen LogP contribution in [0.1, 0.15) is 26.7 Å². The molecule has 0 spiro atoms. The molecule has 3 amide bonds. The summed E-state index contributed by atoms with van der Waals surface area (Å²) < 4.78 is 7.21. The highest BCUT2D eigenvalue weighted by Gasteiger charge is 2.21. The van der Waals surface area contributed by atoms with E-state index < -0.39 is 11.3 Å². The molecule has 2 rings (SSSR count). The minimum Gasteiger partial charge on any atom is -0.497 e. The lowest BCUT2D eigenvalue weighted by atomic mass is 10.2. The lowest BCUT2D eigenvalue weighted by Gasteiger charge is -2.13. The molecule has 1 heterocycles. The van der Waals surface area contributed by atoms with Crippen molar-refractivity contribution in [3.63, 3.8) is 0 Å². The number of urea groups is 1. The topological polar surface area (TPSA) is 98.1 Å². The second kappa shape index (κ2) is 9.96. The summed E-state index contributed by atoms with van der Waals surface area (Å²) in [4.78, 5) is 23.5. The van der Waals surface area contributed by atoms with E-state index in [9.17, 15) is 9.59 Å². The van der Waals surface area contributed by atoms with Crippen molar-refractivity contribution < 1.29 is 14.3 Å². The van der Waals surface area contributed by atoms with Crippen LogP contribution in [0.25, 0.3) is 11.4 Å². The van der Waals surface area contributed by atoms with Crippen LogP contribution in [-0.2, 0) is 11.3 Å². The van der Waals surface area contributed by atoms with Crippen molar-refractivity contribution in [3.8, 4) is 17.1 Å². The molecule has 1 atom stereocenters. The Balaban J connectivity index is 2.24. The van der Waals surface area contributed by atoms with Crippen molar-refractivity contribution in [1.29, 1.82) is 0 Å². The molecule has 0 fully saturated rings. The number of unbranched alkanes of at least 4 members (excludes halogenated alkanes) is 1. The number of methoxy groups -OCH3 is 1. The SMILES string of the molecule is CCCCn1c(S[C@H](C)C(=O)NC(=O)NC)nnc1-c1ccc(OC)cc1. The van der Waals surface area contributed by atoms with Gasteiger partial charge in [-0.15, -0.1) is 10.2 Å². The van der Waals surface area contributed by atoms with Crippen molar-refractivity contribution in [1.82, 2.24) is 25.4 Å². The molecule has 9 heteroatoms. The van der Waals surface area contributed by atoms with Gasteiger partial charge in [0.2, 0.25) is 5.91 Å². The van der Waals surface area contributed by atoms with Gasteiger partial charge < -0.3 is 14.6 Å². The molecule has 0 bridgehead atoms. The van der Waals surface area contributed by atoms with Gasteiger partial charge in [0.25, 0.3) is 0 Å². The van der Waals surface area contributed by atoms with Gasteiger partial charge in [-0.25, -0.2) is 4.79 Å². The molecule has 1 aromatic carbocycles. The van der Waals surface area contributed by atoms with E-state index in [-0.39, 0.29) is 5.91 Å². The maximum Gasteiger partial charge on any atom is 0.321 e. The summed E-state index contributed by atoms with van der Waals surface area (Å²) in [5.41, 5.74) is 0.925. The maximum absolute atomic E-state index is 12.1. The van der Waals surface area contributed by atoms with Crippen molar-refractivity contribution in [3.05, 3.63) is 24.3 Å². The van der Waals surface area contributed by atoms with Gasteiger partial charge in [0.1, 0.15) is 5.75 Å². The Morgan fingerprint density at radius 3 is 2.56 bits per heavy atom. The lowest BCUT2D eigenvalue weighted by Crippen LogP contribution is -2.41. The number of ether oxygens (including phenoxy) is 1. The van der Waals surface area contributed by atoms with Gasteiger partial charge in [0, 0.05) is 19.2 Å². The molecule has 146 valence electrons. The first-order chi connectivity index (χ1) is 13.0. The van der Waals surface area contributed by atoms with Crippen LogP contribution in [-0.4, -0.2) is 46.1 Å². The Morgan fingerprint density at radius 1 is 1.26 bits per heavy atom. The molecule has 0 saturated heterocycles. The summed E-state index contributed by atoms with van der Waals surface area (Å²) in [5, 5.41) is 13.4. The highest BCUT2D eigenvalue weighted by atomic mass is 32.2. The number of hydrogen-bond acceptors (Lipinski definition) is 6. The number of nitrogens with one attached hydrogen (secondary N) is 2. The fourth-order valence-electron chi connectivity index (χ4n) is 2.33. The number of thioether (sulfide) groups is 1. The smallest absolute Gasteiger partial charge is 0.321 e. The Labute approximate surface area is 163 Å². The third-order valence-corrected chi connectivity index (χ3v) is 5.00. The molecule has 0 radical (unpaired) electrons. The number of nitrogens with zero attached hydrogens (tertiary/aromatic N) is 3. The molecule has 2 aromatic rings. The van der Waals surface area contributed by atoms with E-state index in [1.165, 1.54) is 18.8 Å². The summed E-state index contributed by atoms with van der Waals surface area (Å²) >= 11 is 1.28. The molecule has 0 unspecified atom stereocenters. The van der Waals surface area contributed by atoms with Crippen molar-refractivity contribution in [2.45, 2.75) is 43.6 Å². The Bertz CT molecular complexity index is 776. The van der Waals surface area contributed by atoms with E-state index in [2.05, 4.69) is 27.8 Å². The van der Waals surface area contributed by atoms with Crippen molar-refractivity contribution in [2.24, 2.45) is 0 Å². The number of carbonyl (C=O) groups is 2. The van der Waals surface area contributed by atoms with Gasteiger partial charge >= 0.3 is 6.03 Å². The molecular weight excluding hydrogens is 366 g/mol. The predicted molar refractivity (Wildman–Crippen MR) is 105 cm³/mol. The van der Waals surface area contributed by atoms with E-state index >= 15 is 0 Å². The lowest BCUT2D eigenvalue weighted by molar-refractivity contribution is -0.119. The van der Waals surface area contributed by atoms with Crippen molar-refractivity contribution in [2.75, 3.05) is 14.2 Å². The van der Waals surface area contributed by atoms with Gasteiger partial charge in [0.05, 0.1) is 12.4 Å². The second-order valence-corrected chi connectivity index (χ2v) is 7.18. The summed E-state index contributed by atoms with van der Waals surface area (Å²) in [7, 11) is 3.08. The van der Waals surface area contributed by atoms with Gasteiger partial charge in [-0.1, -0.05) is 25.1 Å². The molecular formula is C18H25N5O3S. The first-order valence-electron chi connectivity index (χ1n) is 8.77. The summed E-state index contributed by atoms with van der Waals surface area (Å²) in [6.07, 6.45) is 1.99. The van der Waals surface area contributed by atoms with Crippen LogP contribution in [0.15, 0.2) is 29.4 Å². The zero-order valence-electron chi connectivity index (χ0n) is 16.0. The van der Waals surface area contributed by atoms with Crippen LogP contribution < -0.4 is 15.4 Å². The largest absolute Gasteiger partial charge is 0.497 e. The van der Waals surface area contributed by atoms with Gasteiger partial charge in [0.15, 0.2) is 11.0 Å². The molecule has 0 aliphatic heterocycles. The number of amides is 3.